The highest BCUT2D eigenvalue weighted by atomic mass is 32.2. The van der Waals surface area contributed by atoms with E-state index >= 15 is 0 Å². The minimum absolute atomic E-state index is 0.514. The van der Waals surface area contributed by atoms with Gasteiger partial charge in [-0.25, -0.2) is 8.42 Å². The molecular formula is C24H26O4S. The number of ether oxygens (including phenoxy) is 2. The summed E-state index contributed by atoms with van der Waals surface area (Å²) in [7, 11) is -3.58. The lowest BCUT2D eigenvalue weighted by Gasteiger charge is -2.21. The number of hydrogen-bond acceptors (Lipinski definition) is 4. The first-order valence-electron chi connectivity index (χ1n) is 9.27. The SMILES string of the molecule is C=Cc1ccccc1.CC(Oc1ccccc1)S(=O)(=O)C(C)Oc1ccccc1. The van der Waals surface area contributed by atoms with Gasteiger partial charge in [-0.15, -0.1) is 0 Å². The second kappa shape index (κ2) is 11.1. The van der Waals surface area contributed by atoms with E-state index in [1.54, 1.807) is 48.5 Å². The molecule has 0 N–H and O–H groups in total. The molecule has 3 rings (SSSR count). The third-order valence-corrected chi connectivity index (χ3v) is 6.09. The highest BCUT2D eigenvalue weighted by molar-refractivity contribution is 7.92. The number of hydrogen-bond donors (Lipinski definition) is 0. The van der Waals surface area contributed by atoms with Gasteiger partial charge in [0.1, 0.15) is 11.5 Å². The van der Waals surface area contributed by atoms with Gasteiger partial charge in [0, 0.05) is 0 Å². The van der Waals surface area contributed by atoms with Crippen molar-refractivity contribution in [1.82, 2.24) is 0 Å². The van der Waals surface area contributed by atoms with Crippen molar-refractivity contribution < 1.29 is 17.9 Å². The maximum Gasteiger partial charge on any atom is 0.225 e. The van der Waals surface area contributed by atoms with Crippen LogP contribution in [-0.2, 0) is 9.84 Å². The molecule has 0 radical (unpaired) electrons. The van der Waals surface area contributed by atoms with Gasteiger partial charge in [-0.2, -0.15) is 0 Å². The maximum absolute atomic E-state index is 12.4. The van der Waals surface area contributed by atoms with Gasteiger partial charge in [0.15, 0.2) is 10.9 Å². The number of benzene rings is 3. The molecule has 0 spiro atoms. The van der Waals surface area contributed by atoms with E-state index in [0.29, 0.717) is 11.5 Å². The Morgan fingerprint density at radius 1 is 0.690 bits per heavy atom. The highest BCUT2D eigenvalue weighted by Gasteiger charge is 2.31. The molecule has 0 aliphatic carbocycles. The molecule has 0 aliphatic rings. The summed E-state index contributed by atoms with van der Waals surface area (Å²) in [5.74, 6) is 1.03. The lowest BCUT2D eigenvalue weighted by atomic mass is 10.2. The molecule has 0 fully saturated rings. The van der Waals surface area contributed by atoms with E-state index in [9.17, 15) is 8.42 Å². The largest absolute Gasteiger partial charge is 0.475 e. The third-order valence-electron chi connectivity index (χ3n) is 4.05. The Morgan fingerprint density at radius 3 is 1.34 bits per heavy atom. The normalized spacial score (nSPS) is 12.6. The standard InChI is InChI=1S/C16H18O4S.C8H8/c1-13(19-15-9-5-3-6-10-15)21(17,18)14(2)20-16-11-7-4-8-12-16;1-2-8-6-4-3-5-7-8/h3-14H,1-2H3;2-7H,1H2. The lowest BCUT2D eigenvalue weighted by Crippen LogP contribution is -2.35. The van der Waals surface area contributed by atoms with E-state index in [0.717, 1.165) is 0 Å². The third kappa shape index (κ3) is 7.12. The molecule has 0 aromatic heterocycles. The molecule has 0 bridgehead atoms. The fourth-order valence-corrected chi connectivity index (χ4v) is 3.40. The van der Waals surface area contributed by atoms with Crippen LogP contribution in [0.1, 0.15) is 19.4 Å². The van der Waals surface area contributed by atoms with Gasteiger partial charge in [0.05, 0.1) is 0 Å². The minimum Gasteiger partial charge on any atom is -0.475 e. The average molecular weight is 411 g/mol. The van der Waals surface area contributed by atoms with Crippen LogP contribution < -0.4 is 9.47 Å². The zero-order valence-corrected chi connectivity index (χ0v) is 17.5. The van der Waals surface area contributed by atoms with Gasteiger partial charge in [0.2, 0.25) is 9.84 Å². The average Bonchev–Trinajstić information content (AvgIpc) is 2.76. The summed E-state index contributed by atoms with van der Waals surface area (Å²) in [5.41, 5.74) is -0.801. The Morgan fingerprint density at radius 2 is 1.03 bits per heavy atom. The number of rotatable bonds is 7. The van der Waals surface area contributed by atoms with Crippen molar-refractivity contribution in [3.05, 3.63) is 103 Å². The van der Waals surface area contributed by atoms with Gasteiger partial charge < -0.3 is 9.47 Å². The van der Waals surface area contributed by atoms with E-state index in [1.165, 1.54) is 19.4 Å². The quantitative estimate of drug-likeness (QED) is 0.510. The molecule has 2 atom stereocenters. The lowest BCUT2D eigenvalue weighted by molar-refractivity contribution is 0.256. The molecule has 5 heteroatoms. The van der Waals surface area contributed by atoms with Crippen LogP contribution in [0.5, 0.6) is 11.5 Å². The predicted molar refractivity (Wildman–Crippen MR) is 119 cm³/mol. The first-order chi connectivity index (χ1) is 13.9. The first kappa shape index (κ1) is 22.2. The summed E-state index contributed by atoms with van der Waals surface area (Å²) in [5, 5.41) is 0. The van der Waals surface area contributed by atoms with E-state index in [-0.39, 0.29) is 0 Å². The second-order valence-corrected chi connectivity index (χ2v) is 8.71. The predicted octanol–water partition coefficient (Wildman–Crippen LogP) is 5.58. The van der Waals surface area contributed by atoms with E-state index in [1.807, 2.05) is 48.5 Å². The van der Waals surface area contributed by atoms with Crippen LogP contribution in [-0.4, -0.2) is 19.3 Å². The van der Waals surface area contributed by atoms with Gasteiger partial charge in [0.25, 0.3) is 0 Å². The summed E-state index contributed by atoms with van der Waals surface area (Å²) in [4.78, 5) is 0. The van der Waals surface area contributed by atoms with Crippen molar-refractivity contribution >= 4 is 15.9 Å². The van der Waals surface area contributed by atoms with Crippen LogP contribution in [0, 0.1) is 0 Å². The zero-order valence-electron chi connectivity index (χ0n) is 16.6. The molecule has 3 aromatic carbocycles. The molecule has 0 amide bonds. The van der Waals surface area contributed by atoms with Gasteiger partial charge in [-0.1, -0.05) is 79.4 Å². The van der Waals surface area contributed by atoms with E-state index < -0.39 is 20.7 Å². The summed E-state index contributed by atoms with van der Waals surface area (Å²) >= 11 is 0. The van der Waals surface area contributed by atoms with Crippen molar-refractivity contribution in [2.75, 3.05) is 0 Å². The van der Waals surface area contributed by atoms with Crippen molar-refractivity contribution in [3.63, 3.8) is 0 Å². The van der Waals surface area contributed by atoms with Gasteiger partial charge in [-0.3, -0.25) is 0 Å². The van der Waals surface area contributed by atoms with Crippen LogP contribution in [0.2, 0.25) is 0 Å². The van der Waals surface area contributed by atoms with Crippen molar-refractivity contribution in [2.45, 2.75) is 24.7 Å². The molecule has 2 unspecified atom stereocenters. The monoisotopic (exact) mass is 410 g/mol. The molecule has 3 aromatic rings. The second-order valence-electron chi connectivity index (χ2n) is 6.20. The summed E-state index contributed by atoms with van der Waals surface area (Å²) in [6.07, 6.45) is 1.83. The van der Waals surface area contributed by atoms with Crippen molar-refractivity contribution in [2.24, 2.45) is 0 Å². The van der Waals surface area contributed by atoms with Crippen molar-refractivity contribution in [1.29, 1.82) is 0 Å². The Labute approximate surface area is 173 Å². The topological polar surface area (TPSA) is 52.6 Å². The van der Waals surface area contributed by atoms with E-state index in [4.69, 9.17) is 9.47 Å². The fourth-order valence-electron chi connectivity index (χ4n) is 2.37. The van der Waals surface area contributed by atoms with Crippen molar-refractivity contribution in [3.8, 4) is 11.5 Å². The number of sulfone groups is 1. The first-order valence-corrected chi connectivity index (χ1v) is 10.9. The van der Waals surface area contributed by atoms with Crippen LogP contribution in [0.4, 0.5) is 0 Å². The molecule has 0 aliphatic heterocycles. The molecular weight excluding hydrogens is 384 g/mol. The molecule has 0 saturated carbocycles. The maximum atomic E-state index is 12.4. The van der Waals surface area contributed by atoms with Crippen LogP contribution in [0.15, 0.2) is 97.6 Å². The van der Waals surface area contributed by atoms with Gasteiger partial charge >= 0.3 is 0 Å². The zero-order chi connectivity index (χ0) is 21.1. The van der Waals surface area contributed by atoms with Crippen LogP contribution >= 0.6 is 0 Å². The summed E-state index contributed by atoms with van der Waals surface area (Å²) < 4.78 is 35.7. The van der Waals surface area contributed by atoms with Crippen LogP contribution in [0.25, 0.3) is 6.08 Å². The Balaban J connectivity index is 0.000000313. The molecule has 4 nitrogen and oxygen atoms in total. The Hall–Kier alpha value is -3.05. The smallest absolute Gasteiger partial charge is 0.225 e. The summed E-state index contributed by atoms with van der Waals surface area (Å²) in [6.45, 7) is 6.65. The molecule has 0 heterocycles. The minimum atomic E-state index is -3.58. The molecule has 0 saturated heterocycles. The Kier molecular flexibility index (Phi) is 8.49. The molecule has 152 valence electrons. The van der Waals surface area contributed by atoms with Crippen LogP contribution in [0.3, 0.4) is 0 Å². The highest BCUT2D eigenvalue weighted by Crippen LogP contribution is 2.19. The summed E-state index contributed by atoms with van der Waals surface area (Å²) in [6, 6.07) is 27.7. The van der Waals surface area contributed by atoms with E-state index in [2.05, 4.69) is 6.58 Å². The number of para-hydroxylation sites is 2. The Bertz CT molecular complexity index is 902. The fraction of sp³-hybridized carbons (Fsp3) is 0.167. The molecule has 29 heavy (non-hydrogen) atoms. The van der Waals surface area contributed by atoms with Gasteiger partial charge in [-0.05, 0) is 43.7 Å².